The van der Waals surface area contributed by atoms with Gasteiger partial charge < -0.3 is 15.5 Å². The van der Waals surface area contributed by atoms with E-state index in [0.717, 1.165) is 30.5 Å². The molecule has 0 aliphatic heterocycles. The van der Waals surface area contributed by atoms with Gasteiger partial charge in [-0.3, -0.25) is 0 Å². The Bertz CT molecular complexity index is 324. The van der Waals surface area contributed by atoms with Crippen LogP contribution in [0.3, 0.4) is 0 Å². The number of aryl methyl sites for hydroxylation is 1. The topological polar surface area (TPSA) is 52.5 Å². The number of phenolic OH excluding ortho intramolecular Hbond substituents is 1. The molecular formula is C13H21NO2. The Labute approximate surface area is 97.1 Å². The summed E-state index contributed by atoms with van der Waals surface area (Å²) < 4.78 is 0. The Kier molecular flexibility index (Phi) is 5.29. The smallest absolute Gasteiger partial charge is 0.120 e. The molecule has 1 rings (SSSR count). The summed E-state index contributed by atoms with van der Waals surface area (Å²) in [5.74, 6) is 0.341. The lowest BCUT2D eigenvalue weighted by Crippen LogP contribution is -2.16. The van der Waals surface area contributed by atoms with E-state index in [1.165, 1.54) is 0 Å². The highest BCUT2D eigenvalue weighted by atomic mass is 16.3. The van der Waals surface area contributed by atoms with Crippen LogP contribution in [0.5, 0.6) is 5.75 Å². The Hall–Kier alpha value is -1.06. The fraction of sp³-hybridized carbons (Fsp3) is 0.538. The van der Waals surface area contributed by atoms with Crippen molar-refractivity contribution in [2.24, 2.45) is 0 Å². The first-order chi connectivity index (χ1) is 7.59. The van der Waals surface area contributed by atoms with Crippen molar-refractivity contribution in [3.63, 3.8) is 0 Å². The Balaban J connectivity index is 2.29. The van der Waals surface area contributed by atoms with Gasteiger partial charge in [0.1, 0.15) is 5.75 Å². The summed E-state index contributed by atoms with van der Waals surface area (Å²) in [7, 11) is 0. The van der Waals surface area contributed by atoms with Gasteiger partial charge in [-0.15, -0.1) is 0 Å². The number of benzene rings is 1. The second-order valence-electron chi connectivity index (χ2n) is 4.30. The molecule has 1 atom stereocenters. The minimum absolute atomic E-state index is 0.228. The third kappa shape index (κ3) is 4.64. The van der Waals surface area contributed by atoms with E-state index in [2.05, 4.69) is 5.32 Å². The summed E-state index contributed by atoms with van der Waals surface area (Å²) in [5, 5.41) is 21.9. The lowest BCUT2D eigenvalue weighted by atomic mass is 10.1. The van der Waals surface area contributed by atoms with Crippen LogP contribution in [0.25, 0.3) is 0 Å². The van der Waals surface area contributed by atoms with Crippen molar-refractivity contribution in [2.75, 3.05) is 6.54 Å². The van der Waals surface area contributed by atoms with Crippen molar-refractivity contribution in [1.82, 2.24) is 5.32 Å². The zero-order valence-electron chi connectivity index (χ0n) is 10.0. The van der Waals surface area contributed by atoms with Crippen molar-refractivity contribution >= 4 is 0 Å². The predicted octanol–water partition coefficient (Wildman–Crippen LogP) is 1.95. The molecule has 0 radical (unpaired) electrons. The lowest BCUT2D eigenvalue weighted by molar-refractivity contribution is 0.181. The van der Waals surface area contributed by atoms with Crippen molar-refractivity contribution in [1.29, 1.82) is 0 Å². The van der Waals surface area contributed by atoms with E-state index in [9.17, 15) is 5.11 Å². The standard InChI is InChI=1S/C13H21NO2/c1-10-5-6-13(16)12(8-10)9-14-7-3-4-11(2)15/h5-6,8,11,14-16H,3-4,7,9H2,1-2H3. The van der Waals surface area contributed by atoms with Crippen LogP contribution in [0.4, 0.5) is 0 Å². The minimum Gasteiger partial charge on any atom is -0.508 e. The molecule has 0 bridgehead atoms. The van der Waals surface area contributed by atoms with Crippen LogP contribution in [0, 0.1) is 6.92 Å². The maximum atomic E-state index is 9.60. The number of nitrogens with one attached hydrogen (secondary N) is 1. The Morgan fingerprint density at radius 3 is 2.81 bits per heavy atom. The average Bonchev–Trinajstić information content (AvgIpc) is 2.22. The van der Waals surface area contributed by atoms with Gasteiger partial charge in [0.15, 0.2) is 0 Å². The van der Waals surface area contributed by atoms with Gasteiger partial charge in [-0.1, -0.05) is 17.7 Å². The Morgan fingerprint density at radius 1 is 1.38 bits per heavy atom. The number of aliphatic hydroxyl groups excluding tert-OH is 1. The molecule has 3 nitrogen and oxygen atoms in total. The van der Waals surface area contributed by atoms with Gasteiger partial charge in [0.2, 0.25) is 0 Å². The van der Waals surface area contributed by atoms with Crippen molar-refractivity contribution in [2.45, 2.75) is 39.3 Å². The summed E-state index contributed by atoms with van der Waals surface area (Å²) in [6.45, 7) is 5.34. The second kappa shape index (κ2) is 6.51. The highest BCUT2D eigenvalue weighted by Crippen LogP contribution is 2.17. The molecule has 3 N–H and O–H groups in total. The van der Waals surface area contributed by atoms with Gasteiger partial charge in [0.25, 0.3) is 0 Å². The molecule has 1 aromatic rings. The molecule has 0 heterocycles. The number of aromatic hydroxyl groups is 1. The first-order valence-corrected chi connectivity index (χ1v) is 5.77. The van der Waals surface area contributed by atoms with Gasteiger partial charge in [-0.2, -0.15) is 0 Å². The number of rotatable bonds is 6. The van der Waals surface area contributed by atoms with E-state index in [1.54, 1.807) is 13.0 Å². The second-order valence-corrected chi connectivity index (χ2v) is 4.30. The first kappa shape index (κ1) is 13.0. The summed E-state index contributed by atoms with van der Waals surface area (Å²) in [6, 6.07) is 5.60. The van der Waals surface area contributed by atoms with Gasteiger partial charge >= 0.3 is 0 Å². The van der Waals surface area contributed by atoms with Crippen LogP contribution < -0.4 is 5.32 Å². The molecule has 3 heteroatoms. The van der Waals surface area contributed by atoms with Gasteiger partial charge in [0.05, 0.1) is 6.10 Å². The van der Waals surface area contributed by atoms with E-state index in [4.69, 9.17) is 5.11 Å². The van der Waals surface area contributed by atoms with Gasteiger partial charge in [-0.05, 0) is 39.3 Å². The number of phenols is 1. The quantitative estimate of drug-likeness (QED) is 0.646. The van der Waals surface area contributed by atoms with Crippen molar-refractivity contribution in [3.05, 3.63) is 29.3 Å². The van der Waals surface area contributed by atoms with Gasteiger partial charge in [0, 0.05) is 12.1 Å². The molecule has 16 heavy (non-hydrogen) atoms. The number of hydrogen-bond donors (Lipinski definition) is 3. The molecule has 0 amide bonds. The fourth-order valence-electron chi connectivity index (χ4n) is 1.60. The summed E-state index contributed by atoms with van der Waals surface area (Å²) in [4.78, 5) is 0. The van der Waals surface area contributed by atoms with E-state index in [-0.39, 0.29) is 6.10 Å². The maximum absolute atomic E-state index is 9.60. The SMILES string of the molecule is Cc1ccc(O)c(CNCCCC(C)O)c1. The number of aliphatic hydroxyl groups is 1. The number of hydrogen-bond acceptors (Lipinski definition) is 3. The van der Waals surface area contributed by atoms with Crippen LogP contribution in [0.2, 0.25) is 0 Å². The third-order valence-electron chi connectivity index (χ3n) is 2.53. The summed E-state index contributed by atoms with van der Waals surface area (Å²) in [6.07, 6.45) is 1.53. The van der Waals surface area contributed by atoms with E-state index in [1.807, 2.05) is 19.1 Å². The van der Waals surface area contributed by atoms with E-state index >= 15 is 0 Å². The molecule has 90 valence electrons. The molecule has 1 unspecified atom stereocenters. The molecule has 0 fully saturated rings. The molecule has 0 aromatic heterocycles. The van der Waals surface area contributed by atoms with E-state index < -0.39 is 0 Å². The van der Waals surface area contributed by atoms with E-state index in [0.29, 0.717) is 12.3 Å². The average molecular weight is 223 g/mol. The van der Waals surface area contributed by atoms with Crippen LogP contribution in [-0.4, -0.2) is 22.9 Å². The first-order valence-electron chi connectivity index (χ1n) is 5.77. The van der Waals surface area contributed by atoms with Crippen molar-refractivity contribution < 1.29 is 10.2 Å². The summed E-state index contributed by atoms with van der Waals surface area (Å²) in [5.41, 5.74) is 2.08. The third-order valence-corrected chi connectivity index (χ3v) is 2.53. The predicted molar refractivity (Wildman–Crippen MR) is 65.5 cm³/mol. The molecule has 0 aliphatic carbocycles. The van der Waals surface area contributed by atoms with Crippen LogP contribution in [0.15, 0.2) is 18.2 Å². The van der Waals surface area contributed by atoms with Crippen LogP contribution in [-0.2, 0) is 6.54 Å². The summed E-state index contributed by atoms with van der Waals surface area (Å²) >= 11 is 0. The molecule has 0 saturated heterocycles. The molecule has 0 aliphatic rings. The largest absolute Gasteiger partial charge is 0.508 e. The normalized spacial score (nSPS) is 12.7. The van der Waals surface area contributed by atoms with Crippen LogP contribution >= 0.6 is 0 Å². The molecule has 0 saturated carbocycles. The highest BCUT2D eigenvalue weighted by Gasteiger charge is 2.01. The molecule has 1 aromatic carbocycles. The zero-order chi connectivity index (χ0) is 12.0. The minimum atomic E-state index is -0.228. The lowest BCUT2D eigenvalue weighted by Gasteiger charge is -2.08. The Morgan fingerprint density at radius 2 is 2.12 bits per heavy atom. The van der Waals surface area contributed by atoms with Crippen molar-refractivity contribution in [3.8, 4) is 5.75 Å². The maximum Gasteiger partial charge on any atom is 0.120 e. The molecular weight excluding hydrogens is 202 g/mol. The fourth-order valence-corrected chi connectivity index (χ4v) is 1.60. The van der Waals surface area contributed by atoms with Gasteiger partial charge in [-0.25, -0.2) is 0 Å². The monoisotopic (exact) mass is 223 g/mol. The molecule has 0 spiro atoms. The van der Waals surface area contributed by atoms with Crippen LogP contribution in [0.1, 0.15) is 30.9 Å². The highest BCUT2D eigenvalue weighted by molar-refractivity contribution is 5.35. The zero-order valence-corrected chi connectivity index (χ0v) is 10.0.